The molecule has 0 bridgehead atoms. The Morgan fingerprint density at radius 1 is 1.20 bits per heavy atom. The lowest BCUT2D eigenvalue weighted by molar-refractivity contribution is 0.140. The van der Waals surface area contributed by atoms with Gasteiger partial charge >= 0.3 is 0 Å². The van der Waals surface area contributed by atoms with Gasteiger partial charge in [-0.2, -0.15) is 0 Å². The fraction of sp³-hybridized carbons (Fsp3) is 0.789. The van der Waals surface area contributed by atoms with Crippen LogP contribution in [0.5, 0.6) is 0 Å². The van der Waals surface area contributed by atoms with Gasteiger partial charge in [0.1, 0.15) is 0 Å². The van der Waals surface area contributed by atoms with E-state index in [1.54, 1.807) is 11.3 Å². The highest BCUT2D eigenvalue weighted by molar-refractivity contribution is 7.11. The molecule has 2 heterocycles. The maximum Gasteiger partial charge on any atom is 0.190 e. The van der Waals surface area contributed by atoms with E-state index in [1.165, 1.54) is 35.9 Å². The number of guanidine groups is 1. The number of piperidine rings is 1. The Morgan fingerprint density at radius 3 is 2.48 bits per heavy atom. The number of hydrogen-bond acceptors (Lipinski definition) is 4. The van der Waals surface area contributed by atoms with Crippen LogP contribution in [0.3, 0.4) is 0 Å². The first-order chi connectivity index (χ1) is 12.0. The largest absolute Gasteiger partial charge is 0.356 e. The molecular formula is C19H35N5S. The summed E-state index contributed by atoms with van der Waals surface area (Å²) in [6.07, 6.45) is 3.48. The van der Waals surface area contributed by atoms with E-state index in [0.717, 1.165) is 49.4 Å². The Bertz CT molecular complexity index is 525. The van der Waals surface area contributed by atoms with Gasteiger partial charge in [-0.1, -0.05) is 13.8 Å². The summed E-state index contributed by atoms with van der Waals surface area (Å²) in [4.78, 5) is 12.8. The first kappa shape index (κ1) is 20.2. The highest BCUT2D eigenvalue weighted by Gasteiger charge is 2.20. The first-order valence-electron chi connectivity index (χ1n) is 9.57. The van der Waals surface area contributed by atoms with Crippen molar-refractivity contribution in [3.05, 3.63) is 15.6 Å². The Kier molecular flexibility index (Phi) is 8.16. The van der Waals surface area contributed by atoms with Gasteiger partial charge in [0.05, 0.1) is 10.7 Å². The molecule has 2 atom stereocenters. The van der Waals surface area contributed by atoms with E-state index in [1.807, 2.05) is 7.05 Å². The summed E-state index contributed by atoms with van der Waals surface area (Å²) in [5.74, 6) is 2.57. The Hall–Kier alpha value is -1.14. The second kappa shape index (κ2) is 10.1. The molecule has 2 N–H and O–H groups in total. The van der Waals surface area contributed by atoms with Gasteiger partial charge in [-0.15, -0.1) is 11.3 Å². The quantitative estimate of drug-likeness (QED) is 0.443. The van der Waals surface area contributed by atoms with Gasteiger partial charge in [0, 0.05) is 44.5 Å². The molecule has 6 heteroatoms. The van der Waals surface area contributed by atoms with Crippen molar-refractivity contribution in [1.82, 2.24) is 20.5 Å². The minimum absolute atomic E-state index is 0.837. The highest BCUT2D eigenvalue weighted by Crippen LogP contribution is 2.20. The third-order valence-corrected chi connectivity index (χ3v) is 5.95. The lowest BCUT2D eigenvalue weighted by atomic mass is 9.92. The van der Waals surface area contributed by atoms with Crippen molar-refractivity contribution in [1.29, 1.82) is 0 Å². The van der Waals surface area contributed by atoms with E-state index in [0.29, 0.717) is 0 Å². The molecule has 0 radical (unpaired) electrons. The van der Waals surface area contributed by atoms with E-state index >= 15 is 0 Å². The predicted molar refractivity (Wildman–Crippen MR) is 109 cm³/mol. The molecule has 1 fully saturated rings. The average molecular weight is 366 g/mol. The van der Waals surface area contributed by atoms with E-state index in [-0.39, 0.29) is 0 Å². The molecule has 5 nitrogen and oxygen atoms in total. The minimum Gasteiger partial charge on any atom is -0.356 e. The van der Waals surface area contributed by atoms with Crippen molar-refractivity contribution >= 4 is 17.3 Å². The van der Waals surface area contributed by atoms with Crippen LogP contribution >= 0.6 is 11.3 Å². The summed E-state index contributed by atoms with van der Waals surface area (Å²) < 4.78 is 0. The summed E-state index contributed by atoms with van der Waals surface area (Å²) in [5.41, 5.74) is 1.16. The minimum atomic E-state index is 0.837. The fourth-order valence-electron chi connectivity index (χ4n) is 3.64. The molecule has 0 aromatic carbocycles. The zero-order valence-electron chi connectivity index (χ0n) is 16.6. The number of likely N-dealkylation sites (tertiary alicyclic amines) is 1. The molecule has 1 saturated heterocycles. The number of nitrogens with zero attached hydrogens (tertiary/aromatic N) is 3. The van der Waals surface area contributed by atoms with Crippen molar-refractivity contribution < 1.29 is 0 Å². The van der Waals surface area contributed by atoms with Crippen LogP contribution in [-0.2, 0) is 6.42 Å². The first-order valence-corrected chi connectivity index (χ1v) is 10.4. The molecule has 0 saturated carbocycles. The van der Waals surface area contributed by atoms with Crippen LogP contribution in [0.25, 0.3) is 0 Å². The van der Waals surface area contributed by atoms with E-state index < -0.39 is 0 Å². The second-order valence-electron chi connectivity index (χ2n) is 7.48. The molecule has 0 amide bonds. The maximum atomic E-state index is 4.58. The van der Waals surface area contributed by atoms with Crippen LogP contribution in [0.4, 0.5) is 0 Å². The van der Waals surface area contributed by atoms with E-state index in [4.69, 9.17) is 0 Å². The topological polar surface area (TPSA) is 52.6 Å². The summed E-state index contributed by atoms with van der Waals surface area (Å²) >= 11 is 1.79. The van der Waals surface area contributed by atoms with Crippen molar-refractivity contribution in [3.63, 3.8) is 0 Å². The van der Waals surface area contributed by atoms with Crippen molar-refractivity contribution in [3.8, 4) is 0 Å². The smallest absolute Gasteiger partial charge is 0.190 e. The molecule has 1 aromatic heterocycles. The number of aryl methyl sites for hydroxylation is 2. The Balaban J connectivity index is 1.60. The van der Waals surface area contributed by atoms with Crippen LogP contribution in [-0.4, -0.2) is 55.6 Å². The monoisotopic (exact) mass is 365 g/mol. The van der Waals surface area contributed by atoms with Crippen molar-refractivity contribution in [2.75, 3.05) is 39.8 Å². The van der Waals surface area contributed by atoms with Gasteiger partial charge in [-0.05, 0) is 45.1 Å². The molecule has 1 aliphatic heterocycles. The lowest BCUT2D eigenvalue weighted by Gasteiger charge is -2.35. The lowest BCUT2D eigenvalue weighted by Crippen LogP contribution is -2.42. The molecule has 0 spiro atoms. The Morgan fingerprint density at radius 2 is 1.88 bits per heavy atom. The third-order valence-electron chi connectivity index (χ3n) is 4.82. The maximum absolute atomic E-state index is 4.58. The summed E-state index contributed by atoms with van der Waals surface area (Å²) in [7, 11) is 1.83. The normalized spacial score (nSPS) is 22.2. The Labute approximate surface area is 157 Å². The molecule has 25 heavy (non-hydrogen) atoms. The second-order valence-corrected chi connectivity index (χ2v) is 8.77. The molecule has 1 aromatic rings. The average Bonchev–Trinajstić information content (AvgIpc) is 2.87. The molecule has 1 aliphatic rings. The van der Waals surface area contributed by atoms with Gasteiger partial charge in [0.2, 0.25) is 0 Å². The fourth-order valence-corrected chi connectivity index (χ4v) is 4.57. The number of hydrogen-bond donors (Lipinski definition) is 2. The SMILES string of the molecule is CN=C(NCCCN1CC(C)CC(C)C1)NCCc1nc(C)c(C)s1. The zero-order chi connectivity index (χ0) is 18.2. The van der Waals surface area contributed by atoms with E-state index in [2.05, 4.69) is 53.2 Å². The van der Waals surface area contributed by atoms with Gasteiger partial charge in [-0.25, -0.2) is 4.98 Å². The zero-order valence-corrected chi connectivity index (χ0v) is 17.4. The highest BCUT2D eigenvalue weighted by atomic mass is 32.1. The van der Waals surface area contributed by atoms with Crippen LogP contribution in [0.15, 0.2) is 4.99 Å². The van der Waals surface area contributed by atoms with Crippen molar-refractivity contribution in [2.24, 2.45) is 16.8 Å². The third kappa shape index (κ3) is 6.94. The summed E-state index contributed by atoms with van der Waals surface area (Å²) in [6.45, 7) is 14.5. The molecule has 142 valence electrons. The number of rotatable bonds is 7. The molecule has 2 unspecified atom stereocenters. The van der Waals surface area contributed by atoms with E-state index in [9.17, 15) is 0 Å². The van der Waals surface area contributed by atoms with Gasteiger partial charge in [0.25, 0.3) is 0 Å². The predicted octanol–water partition coefficient (Wildman–Crippen LogP) is 2.84. The summed E-state index contributed by atoms with van der Waals surface area (Å²) in [5, 5.41) is 8.02. The molecular weight excluding hydrogens is 330 g/mol. The number of nitrogens with one attached hydrogen (secondary N) is 2. The van der Waals surface area contributed by atoms with Gasteiger partial charge in [0.15, 0.2) is 5.96 Å². The standard InChI is InChI=1S/C19H35N5S/c1-14-11-15(2)13-24(12-14)10-6-8-21-19(20-5)22-9-7-18-23-16(3)17(4)25-18/h14-15H,6-13H2,1-5H3,(H2,20,21,22). The van der Waals surface area contributed by atoms with Crippen LogP contribution in [0, 0.1) is 25.7 Å². The number of thiazole rings is 1. The summed E-state index contributed by atoms with van der Waals surface area (Å²) in [6, 6.07) is 0. The number of aliphatic imine (C=N–C) groups is 1. The van der Waals surface area contributed by atoms with Crippen molar-refractivity contribution in [2.45, 2.75) is 47.0 Å². The molecule has 2 rings (SSSR count). The van der Waals surface area contributed by atoms with Crippen LogP contribution < -0.4 is 10.6 Å². The van der Waals surface area contributed by atoms with Gasteiger partial charge < -0.3 is 15.5 Å². The van der Waals surface area contributed by atoms with Crippen LogP contribution in [0.2, 0.25) is 0 Å². The van der Waals surface area contributed by atoms with Crippen LogP contribution in [0.1, 0.15) is 42.3 Å². The number of aromatic nitrogens is 1. The van der Waals surface area contributed by atoms with Gasteiger partial charge in [-0.3, -0.25) is 4.99 Å². The molecule has 0 aliphatic carbocycles.